The van der Waals surface area contributed by atoms with Crippen molar-refractivity contribution in [2.24, 2.45) is 0 Å². The molecule has 0 atom stereocenters. The standard InChI is InChI=1S/C14H16BrFN2S/c1-8(2)13-12(7-17-3)19-14(18-13)9-4-5-11(16)10(15)6-9/h4-6,8,17H,7H2,1-3H3. The molecule has 0 aliphatic rings. The molecular formula is C14H16BrFN2S. The first-order valence-corrected chi connectivity index (χ1v) is 7.73. The Morgan fingerprint density at radius 1 is 1.42 bits per heavy atom. The number of nitrogens with one attached hydrogen (secondary N) is 1. The van der Waals surface area contributed by atoms with Crippen molar-refractivity contribution in [3.63, 3.8) is 0 Å². The maximum Gasteiger partial charge on any atom is 0.137 e. The average molecular weight is 343 g/mol. The van der Waals surface area contributed by atoms with Gasteiger partial charge < -0.3 is 5.32 Å². The first kappa shape index (κ1) is 14.6. The topological polar surface area (TPSA) is 24.9 Å². The molecule has 0 unspecified atom stereocenters. The highest BCUT2D eigenvalue weighted by Gasteiger charge is 2.15. The van der Waals surface area contributed by atoms with Crippen LogP contribution < -0.4 is 5.32 Å². The summed E-state index contributed by atoms with van der Waals surface area (Å²) in [5.41, 5.74) is 2.07. The fraction of sp³-hybridized carbons (Fsp3) is 0.357. The lowest BCUT2D eigenvalue weighted by atomic mass is 10.1. The zero-order valence-corrected chi connectivity index (χ0v) is 13.5. The van der Waals surface area contributed by atoms with Gasteiger partial charge in [-0.2, -0.15) is 0 Å². The third kappa shape index (κ3) is 3.22. The van der Waals surface area contributed by atoms with E-state index in [9.17, 15) is 4.39 Å². The van der Waals surface area contributed by atoms with Crippen LogP contribution in [0.25, 0.3) is 10.6 Å². The molecule has 0 fully saturated rings. The van der Waals surface area contributed by atoms with Crippen LogP contribution in [0.4, 0.5) is 4.39 Å². The number of benzene rings is 1. The smallest absolute Gasteiger partial charge is 0.137 e. The maximum absolute atomic E-state index is 13.3. The van der Waals surface area contributed by atoms with Crippen molar-refractivity contribution in [2.45, 2.75) is 26.3 Å². The Morgan fingerprint density at radius 3 is 2.74 bits per heavy atom. The largest absolute Gasteiger partial charge is 0.315 e. The van der Waals surface area contributed by atoms with Gasteiger partial charge in [-0.05, 0) is 47.1 Å². The third-order valence-electron chi connectivity index (χ3n) is 2.78. The lowest BCUT2D eigenvalue weighted by Gasteiger charge is -2.03. The van der Waals surface area contributed by atoms with Crippen molar-refractivity contribution in [2.75, 3.05) is 7.05 Å². The molecule has 5 heteroatoms. The summed E-state index contributed by atoms with van der Waals surface area (Å²) in [5, 5.41) is 4.11. The number of halogens is 2. The van der Waals surface area contributed by atoms with Gasteiger partial charge >= 0.3 is 0 Å². The van der Waals surface area contributed by atoms with Crippen LogP contribution in [0.15, 0.2) is 22.7 Å². The molecular weight excluding hydrogens is 327 g/mol. The summed E-state index contributed by atoms with van der Waals surface area (Å²) >= 11 is 4.88. The minimum Gasteiger partial charge on any atom is -0.315 e. The maximum atomic E-state index is 13.3. The van der Waals surface area contributed by atoms with Crippen molar-refractivity contribution in [3.8, 4) is 10.6 Å². The van der Waals surface area contributed by atoms with E-state index in [-0.39, 0.29) is 5.82 Å². The molecule has 0 amide bonds. The van der Waals surface area contributed by atoms with E-state index < -0.39 is 0 Å². The summed E-state index contributed by atoms with van der Waals surface area (Å²) in [5.74, 6) is 0.136. The van der Waals surface area contributed by atoms with Gasteiger partial charge in [-0.1, -0.05) is 13.8 Å². The van der Waals surface area contributed by atoms with E-state index >= 15 is 0 Å². The molecule has 102 valence electrons. The van der Waals surface area contributed by atoms with Crippen molar-refractivity contribution in [1.29, 1.82) is 0 Å². The Morgan fingerprint density at radius 2 is 2.16 bits per heavy atom. The summed E-state index contributed by atoms with van der Waals surface area (Å²) < 4.78 is 13.7. The molecule has 2 aromatic rings. The molecule has 2 nitrogen and oxygen atoms in total. The predicted molar refractivity (Wildman–Crippen MR) is 82.1 cm³/mol. The van der Waals surface area contributed by atoms with Gasteiger partial charge in [-0.3, -0.25) is 0 Å². The first-order chi connectivity index (χ1) is 9.02. The van der Waals surface area contributed by atoms with E-state index in [2.05, 4.69) is 35.1 Å². The Bertz CT molecular complexity index is 581. The first-order valence-electron chi connectivity index (χ1n) is 6.12. The van der Waals surface area contributed by atoms with Gasteiger partial charge in [0.1, 0.15) is 10.8 Å². The fourth-order valence-corrected chi connectivity index (χ4v) is 3.46. The number of rotatable bonds is 4. The van der Waals surface area contributed by atoms with Gasteiger partial charge in [-0.15, -0.1) is 11.3 Å². The van der Waals surface area contributed by atoms with Crippen LogP contribution in [0, 0.1) is 5.82 Å². The van der Waals surface area contributed by atoms with Crippen LogP contribution in [0.5, 0.6) is 0 Å². The van der Waals surface area contributed by atoms with Crippen LogP contribution in [0.2, 0.25) is 0 Å². The number of hydrogen-bond donors (Lipinski definition) is 1. The highest BCUT2D eigenvalue weighted by atomic mass is 79.9. The highest BCUT2D eigenvalue weighted by molar-refractivity contribution is 9.10. The minimum atomic E-state index is -0.250. The third-order valence-corrected chi connectivity index (χ3v) is 4.51. The lowest BCUT2D eigenvalue weighted by molar-refractivity contribution is 0.621. The Labute approximate surface area is 125 Å². The fourth-order valence-electron chi connectivity index (χ4n) is 1.85. The Hall–Kier alpha value is -0.780. The van der Waals surface area contributed by atoms with Gasteiger partial charge in [0.2, 0.25) is 0 Å². The molecule has 2 rings (SSSR count). The van der Waals surface area contributed by atoms with Crippen LogP contribution >= 0.6 is 27.3 Å². The number of nitrogens with zero attached hydrogens (tertiary/aromatic N) is 1. The second kappa shape index (κ2) is 6.11. The molecule has 1 N–H and O–H groups in total. The monoisotopic (exact) mass is 342 g/mol. The average Bonchev–Trinajstić information content (AvgIpc) is 2.77. The van der Waals surface area contributed by atoms with Crippen molar-refractivity contribution in [1.82, 2.24) is 10.3 Å². The second-order valence-corrected chi connectivity index (χ2v) is 6.58. The summed E-state index contributed by atoms with van der Waals surface area (Å²) in [4.78, 5) is 5.95. The van der Waals surface area contributed by atoms with E-state index in [1.54, 1.807) is 23.5 Å². The van der Waals surface area contributed by atoms with Crippen molar-refractivity contribution < 1.29 is 4.39 Å². The lowest BCUT2D eigenvalue weighted by Crippen LogP contribution is -2.06. The second-order valence-electron chi connectivity index (χ2n) is 4.64. The van der Waals surface area contributed by atoms with Crippen LogP contribution in [0.3, 0.4) is 0 Å². The molecule has 0 aliphatic carbocycles. The molecule has 1 aromatic carbocycles. The van der Waals surface area contributed by atoms with E-state index in [0.29, 0.717) is 10.4 Å². The normalized spacial score (nSPS) is 11.3. The molecule has 0 aliphatic heterocycles. The molecule has 0 saturated carbocycles. The summed E-state index contributed by atoms with van der Waals surface area (Å²) in [6.07, 6.45) is 0. The van der Waals surface area contributed by atoms with Gasteiger partial charge in [-0.25, -0.2) is 9.37 Å². The number of hydrogen-bond acceptors (Lipinski definition) is 3. The summed E-state index contributed by atoms with van der Waals surface area (Å²) in [6.45, 7) is 5.09. The SMILES string of the molecule is CNCc1sc(-c2ccc(F)c(Br)c2)nc1C(C)C. The van der Waals surface area contributed by atoms with Crippen LogP contribution in [-0.4, -0.2) is 12.0 Å². The van der Waals surface area contributed by atoms with Crippen molar-refractivity contribution >= 4 is 27.3 Å². The number of thiazole rings is 1. The Kier molecular flexibility index (Phi) is 4.71. The van der Waals surface area contributed by atoms with Crippen LogP contribution in [0.1, 0.15) is 30.3 Å². The zero-order chi connectivity index (χ0) is 14.0. The van der Waals surface area contributed by atoms with Gasteiger partial charge in [0.05, 0.1) is 10.2 Å². The number of aromatic nitrogens is 1. The molecule has 0 spiro atoms. The predicted octanol–water partition coefficient (Wildman–Crippen LogP) is 4.55. The molecule has 19 heavy (non-hydrogen) atoms. The molecule has 0 radical (unpaired) electrons. The Balaban J connectivity index is 2.44. The quantitative estimate of drug-likeness (QED) is 0.881. The van der Waals surface area contributed by atoms with E-state index in [1.807, 2.05) is 7.05 Å². The summed E-state index contributed by atoms with van der Waals surface area (Å²) in [7, 11) is 1.93. The molecule has 1 heterocycles. The molecule has 0 bridgehead atoms. The zero-order valence-electron chi connectivity index (χ0n) is 11.1. The van der Waals surface area contributed by atoms with Gasteiger partial charge in [0.25, 0.3) is 0 Å². The van der Waals surface area contributed by atoms with Gasteiger partial charge in [0.15, 0.2) is 0 Å². The van der Waals surface area contributed by atoms with Gasteiger partial charge in [0, 0.05) is 17.0 Å². The van der Waals surface area contributed by atoms with Crippen LogP contribution in [-0.2, 0) is 6.54 Å². The highest BCUT2D eigenvalue weighted by Crippen LogP contribution is 2.33. The minimum absolute atomic E-state index is 0.250. The summed E-state index contributed by atoms with van der Waals surface area (Å²) in [6, 6.07) is 5.02. The molecule has 0 saturated heterocycles. The van der Waals surface area contributed by atoms with E-state index in [0.717, 1.165) is 22.8 Å². The van der Waals surface area contributed by atoms with E-state index in [4.69, 9.17) is 4.98 Å². The van der Waals surface area contributed by atoms with E-state index in [1.165, 1.54) is 10.9 Å². The van der Waals surface area contributed by atoms with Crippen molar-refractivity contribution in [3.05, 3.63) is 39.1 Å². The molecule has 1 aromatic heterocycles.